The summed E-state index contributed by atoms with van der Waals surface area (Å²) in [4.78, 5) is 8.54. The fourth-order valence-electron chi connectivity index (χ4n) is 2.66. The Bertz CT molecular complexity index is 958. The largest absolute Gasteiger partial charge is 0.464 e. The molecule has 0 aliphatic carbocycles. The second-order valence-electron chi connectivity index (χ2n) is 5.61. The van der Waals surface area contributed by atoms with Crippen LogP contribution in [0.15, 0.2) is 56.4 Å². The highest BCUT2D eigenvalue weighted by molar-refractivity contribution is 6.04. The van der Waals surface area contributed by atoms with E-state index >= 15 is 0 Å². The molecule has 1 unspecified atom stereocenters. The van der Waals surface area contributed by atoms with Crippen molar-refractivity contribution in [2.24, 2.45) is 0 Å². The monoisotopic (exact) mass is 339 g/mol. The summed E-state index contributed by atoms with van der Waals surface area (Å²) in [7, 11) is 0. The summed E-state index contributed by atoms with van der Waals surface area (Å²) in [5.74, 6) is 2.29. The van der Waals surface area contributed by atoms with Crippen molar-refractivity contribution < 1.29 is 18.4 Å². The Morgan fingerprint density at radius 2 is 1.88 bits per heavy atom. The molecule has 0 spiro atoms. The minimum atomic E-state index is -0.464. The molecule has 4 rings (SSSR count). The molecule has 128 valence electrons. The van der Waals surface area contributed by atoms with Crippen LogP contribution in [0.1, 0.15) is 13.3 Å². The van der Waals surface area contributed by atoms with Gasteiger partial charge in [-0.25, -0.2) is 9.97 Å². The van der Waals surface area contributed by atoms with Gasteiger partial charge in [0, 0.05) is 6.54 Å². The van der Waals surface area contributed by atoms with Crippen LogP contribution in [-0.4, -0.2) is 27.7 Å². The maximum absolute atomic E-state index is 9.84. The summed E-state index contributed by atoms with van der Waals surface area (Å²) < 4.78 is 17.0. The number of fused-ring (bicyclic) bond motifs is 1. The van der Waals surface area contributed by atoms with E-state index in [9.17, 15) is 5.11 Å². The first-order valence-corrected chi connectivity index (χ1v) is 8.05. The number of hydrogen-bond donors (Lipinski definition) is 2. The van der Waals surface area contributed by atoms with Gasteiger partial charge in [0.1, 0.15) is 17.9 Å². The second-order valence-corrected chi connectivity index (χ2v) is 5.61. The Hall–Kier alpha value is -3.06. The molecule has 7 heteroatoms. The summed E-state index contributed by atoms with van der Waals surface area (Å²) in [6.45, 7) is 2.30. The number of anilines is 1. The zero-order chi connectivity index (χ0) is 17.2. The topological polar surface area (TPSA) is 97.5 Å². The van der Waals surface area contributed by atoms with Gasteiger partial charge >= 0.3 is 0 Å². The number of nitrogens with one attached hydrogen (secondary N) is 1. The van der Waals surface area contributed by atoms with Gasteiger partial charge in [-0.15, -0.1) is 0 Å². The average molecular weight is 339 g/mol. The average Bonchev–Trinajstić information content (AvgIpc) is 3.38. The van der Waals surface area contributed by atoms with E-state index in [1.165, 1.54) is 6.33 Å². The van der Waals surface area contributed by atoms with Crippen molar-refractivity contribution in [2.75, 3.05) is 11.9 Å². The minimum absolute atomic E-state index is 0.376. The molecule has 4 heterocycles. The van der Waals surface area contributed by atoms with Crippen LogP contribution in [-0.2, 0) is 0 Å². The number of aliphatic hydroxyl groups excluding tert-OH is 1. The molecule has 1 atom stereocenters. The van der Waals surface area contributed by atoms with Crippen molar-refractivity contribution in [1.82, 2.24) is 9.97 Å². The van der Waals surface area contributed by atoms with Crippen molar-refractivity contribution in [3.8, 4) is 22.8 Å². The fourth-order valence-corrected chi connectivity index (χ4v) is 2.66. The molecule has 0 aliphatic heterocycles. The third-order valence-electron chi connectivity index (χ3n) is 3.98. The first-order chi connectivity index (χ1) is 12.3. The third-order valence-corrected chi connectivity index (χ3v) is 3.98. The molecule has 0 saturated carbocycles. The SMILES string of the molecule is CCC(O)CNc1ncnc2oc(-c3ccco3)c(-c3ccco3)c12. The molecule has 2 N–H and O–H groups in total. The number of aromatic nitrogens is 2. The van der Waals surface area contributed by atoms with Crippen LogP contribution in [0.4, 0.5) is 5.82 Å². The number of furan rings is 3. The third kappa shape index (κ3) is 2.78. The maximum atomic E-state index is 9.84. The van der Waals surface area contributed by atoms with Crippen LogP contribution in [0, 0.1) is 0 Å². The Labute approximate surface area is 143 Å². The molecule has 0 aliphatic rings. The van der Waals surface area contributed by atoms with Crippen molar-refractivity contribution in [3.63, 3.8) is 0 Å². The molecule has 0 bridgehead atoms. The zero-order valence-corrected chi connectivity index (χ0v) is 13.6. The van der Waals surface area contributed by atoms with E-state index in [1.54, 1.807) is 24.7 Å². The van der Waals surface area contributed by atoms with Gasteiger partial charge in [-0.3, -0.25) is 0 Å². The Kier molecular flexibility index (Phi) is 3.99. The van der Waals surface area contributed by atoms with Crippen LogP contribution in [0.3, 0.4) is 0 Å². The molecule has 4 aromatic rings. The predicted molar refractivity (Wildman–Crippen MR) is 92.0 cm³/mol. The van der Waals surface area contributed by atoms with Crippen LogP contribution in [0.5, 0.6) is 0 Å². The van der Waals surface area contributed by atoms with E-state index < -0.39 is 6.10 Å². The highest BCUT2D eigenvalue weighted by Crippen LogP contribution is 2.42. The van der Waals surface area contributed by atoms with E-state index in [-0.39, 0.29) is 0 Å². The van der Waals surface area contributed by atoms with Crippen molar-refractivity contribution in [1.29, 1.82) is 0 Å². The van der Waals surface area contributed by atoms with Crippen LogP contribution in [0.25, 0.3) is 33.9 Å². The van der Waals surface area contributed by atoms with E-state index in [0.717, 1.165) is 0 Å². The minimum Gasteiger partial charge on any atom is -0.464 e. The molecule has 25 heavy (non-hydrogen) atoms. The number of rotatable bonds is 6. The summed E-state index contributed by atoms with van der Waals surface area (Å²) >= 11 is 0. The van der Waals surface area contributed by atoms with E-state index in [1.807, 2.05) is 19.1 Å². The van der Waals surface area contributed by atoms with E-state index in [2.05, 4.69) is 15.3 Å². The van der Waals surface area contributed by atoms with Gasteiger partial charge < -0.3 is 23.7 Å². The molecule has 7 nitrogen and oxygen atoms in total. The van der Waals surface area contributed by atoms with Crippen molar-refractivity contribution >= 4 is 16.9 Å². The van der Waals surface area contributed by atoms with Gasteiger partial charge in [-0.05, 0) is 30.7 Å². The van der Waals surface area contributed by atoms with E-state index in [0.29, 0.717) is 52.7 Å². The van der Waals surface area contributed by atoms with Gasteiger partial charge in [0.25, 0.3) is 0 Å². The fraction of sp³-hybridized carbons (Fsp3) is 0.222. The molecule has 0 aromatic carbocycles. The number of nitrogens with zero attached hydrogens (tertiary/aromatic N) is 2. The van der Waals surface area contributed by atoms with Gasteiger partial charge in [-0.2, -0.15) is 0 Å². The Balaban J connectivity index is 1.91. The van der Waals surface area contributed by atoms with Crippen LogP contribution >= 0.6 is 0 Å². The second kappa shape index (κ2) is 6.45. The van der Waals surface area contributed by atoms with Crippen LogP contribution < -0.4 is 5.32 Å². The van der Waals surface area contributed by atoms with Crippen molar-refractivity contribution in [3.05, 3.63) is 43.1 Å². The number of aliphatic hydroxyl groups is 1. The Morgan fingerprint density at radius 3 is 2.56 bits per heavy atom. The van der Waals surface area contributed by atoms with Gasteiger partial charge in [-0.1, -0.05) is 6.92 Å². The quantitative estimate of drug-likeness (QED) is 0.549. The standard InChI is InChI=1S/C18H17N3O4/c1-2-11(22)9-19-17-15-14(12-5-3-7-23-12)16(13-6-4-8-24-13)25-18(15)21-10-20-17/h3-8,10-11,22H,2,9H2,1H3,(H,19,20,21). The van der Waals surface area contributed by atoms with Gasteiger partial charge in [0.05, 0.1) is 29.6 Å². The molecular formula is C18H17N3O4. The molecule has 0 saturated heterocycles. The van der Waals surface area contributed by atoms with Gasteiger partial charge in [0.15, 0.2) is 11.5 Å². The van der Waals surface area contributed by atoms with Crippen molar-refractivity contribution in [2.45, 2.75) is 19.4 Å². The lowest BCUT2D eigenvalue weighted by Gasteiger charge is -2.10. The first kappa shape index (κ1) is 15.5. The molecule has 0 fully saturated rings. The molecule has 0 amide bonds. The maximum Gasteiger partial charge on any atom is 0.232 e. The predicted octanol–water partition coefficient (Wildman–Crippen LogP) is 3.93. The summed E-state index contributed by atoms with van der Waals surface area (Å²) in [5.41, 5.74) is 1.13. The molecule has 0 radical (unpaired) electrons. The van der Waals surface area contributed by atoms with Crippen LogP contribution in [0.2, 0.25) is 0 Å². The number of hydrogen-bond acceptors (Lipinski definition) is 7. The highest BCUT2D eigenvalue weighted by atomic mass is 16.4. The Morgan fingerprint density at radius 1 is 1.12 bits per heavy atom. The highest BCUT2D eigenvalue weighted by Gasteiger charge is 2.25. The zero-order valence-electron chi connectivity index (χ0n) is 13.6. The molecule has 4 aromatic heterocycles. The summed E-state index contributed by atoms with van der Waals surface area (Å²) in [5, 5.41) is 13.7. The first-order valence-electron chi connectivity index (χ1n) is 8.05. The summed E-state index contributed by atoms with van der Waals surface area (Å²) in [6.07, 6.45) is 4.78. The van der Waals surface area contributed by atoms with Gasteiger partial charge in [0.2, 0.25) is 5.71 Å². The normalized spacial score (nSPS) is 12.6. The smallest absolute Gasteiger partial charge is 0.232 e. The lowest BCUT2D eigenvalue weighted by atomic mass is 10.1. The van der Waals surface area contributed by atoms with E-state index in [4.69, 9.17) is 13.3 Å². The lowest BCUT2D eigenvalue weighted by molar-refractivity contribution is 0.183. The molecular weight excluding hydrogens is 322 g/mol. The lowest BCUT2D eigenvalue weighted by Crippen LogP contribution is -2.18. The summed E-state index contributed by atoms with van der Waals surface area (Å²) in [6, 6.07) is 7.24.